The predicted molar refractivity (Wildman–Crippen MR) is 98.9 cm³/mol. The third kappa shape index (κ3) is 3.88. The molecule has 0 aliphatic carbocycles. The van der Waals surface area contributed by atoms with Crippen molar-refractivity contribution in [3.63, 3.8) is 0 Å². The Kier molecular flexibility index (Phi) is 5.58. The van der Waals surface area contributed by atoms with Gasteiger partial charge in [0.05, 0.1) is 27.7 Å². The number of nitro groups is 2. The van der Waals surface area contributed by atoms with E-state index in [-0.39, 0.29) is 43.1 Å². The van der Waals surface area contributed by atoms with Gasteiger partial charge in [0.1, 0.15) is 5.56 Å². The number of rotatable bonds is 4. The molecule has 3 rings (SSSR count). The Labute approximate surface area is 167 Å². The van der Waals surface area contributed by atoms with Crippen molar-refractivity contribution in [3.8, 4) is 0 Å². The number of benzene rings is 2. The van der Waals surface area contributed by atoms with Crippen LogP contribution in [-0.4, -0.2) is 46.8 Å². The number of carbonyl (C=O) groups excluding carboxylic acids is 1. The van der Waals surface area contributed by atoms with Crippen molar-refractivity contribution >= 4 is 23.0 Å². The van der Waals surface area contributed by atoms with Crippen LogP contribution in [0.1, 0.15) is 15.9 Å². The maximum atomic E-state index is 14.3. The SMILES string of the molecule is Cc1cc(N2CCN(C(=O)c3cc(F)c(F)cc3[N+](=O)[O-])CC2)c(F)cc1[N+](=O)[O-]. The van der Waals surface area contributed by atoms with Crippen LogP contribution in [0.2, 0.25) is 0 Å². The highest BCUT2D eigenvalue weighted by atomic mass is 19.2. The van der Waals surface area contributed by atoms with Crippen molar-refractivity contribution in [2.75, 3.05) is 31.1 Å². The van der Waals surface area contributed by atoms with Gasteiger partial charge in [0.2, 0.25) is 0 Å². The van der Waals surface area contributed by atoms with Gasteiger partial charge in [0, 0.05) is 31.7 Å². The fourth-order valence-electron chi connectivity index (χ4n) is 3.27. The van der Waals surface area contributed by atoms with E-state index in [1.165, 1.54) is 17.9 Å². The van der Waals surface area contributed by atoms with E-state index in [2.05, 4.69) is 0 Å². The molecule has 1 saturated heterocycles. The molecule has 0 radical (unpaired) electrons. The summed E-state index contributed by atoms with van der Waals surface area (Å²) in [5.74, 6) is -4.46. The first-order valence-electron chi connectivity index (χ1n) is 8.72. The van der Waals surface area contributed by atoms with E-state index in [1.54, 1.807) is 4.90 Å². The number of anilines is 1. The Balaban J connectivity index is 1.79. The van der Waals surface area contributed by atoms with Crippen LogP contribution in [0.3, 0.4) is 0 Å². The molecule has 0 spiro atoms. The minimum atomic E-state index is -1.44. The maximum Gasteiger partial charge on any atom is 0.285 e. The van der Waals surface area contributed by atoms with E-state index in [0.717, 1.165) is 6.07 Å². The van der Waals surface area contributed by atoms with Gasteiger partial charge < -0.3 is 9.80 Å². The smallest absolute Gasteiger partial charge is 0.285 e. The molecule has 9 nitrogen and oxygen atoms in total. The second-order valence-electron chi connectivity index (χ2n) is 6.67. The third-order valence-corrected chi connectivity index (χ3v) is 4.84. The Bertz CT molecular complexity index is 1050. The molecule has 2 aromatic rings. The van der Waals surface area contributed by atoms with Crippen molar-refractivity contribution in [3.05, 3.63) is 73.1 Å². The van der Waals surface area contributed by atoms with E-state index in [1.807, 2.05) is 0 Å². The molecule has 30 heavy (non-hydrogen) atoms. The number of nitrogens with zero attached hydrogens (tertiary/aromatic N) is 4. The molecule has 2 aromatic carbocycles. The summed E-state index contributed by atoms with van der Waals surface area (Å²) >= 11 is 0. The fourth-order valence-corrected chi connectivity index (χ4v) is 3.27. The molecule has 1 aliphatic rings. The molecular formula is C18H15F3N4O5. The molecule has 12 heteroatoms. The highest BCUT2D eigenvalue weighted by molar-refractivity contribution is 5.98. The number of hydrogen-bond donors (Lipinski definition) is 0. The number of carbonyl (C=O) groups is 1. The molecule has 1 heterocycles. The van der Waals surface area contributed by atoms with Crippen molar-refractivity contribution in [2.45, 2.75) is 6.92 Å². The molecule has 0 aromatic heterocycles. The lowest BCUT2D eigenvalue weighted by molar-refractivity contribution is -0.385. The quantitative estimate of drug-likeness (QED) is 0.551. The second-order valence-corrected chi connectivity index (χ2v) is 6.67. The Morgan fingerprint density at radius 3 is 1.97 bits per heavy atom. The lowest BCUT2D eigenvalue weighted by Crippen LogP contribution is -2.49. The average molecular weight is 424 g/mol. The standard InChI is InChI=1S/C18H15F3N4O5/c1-10-6-17(14(21)9-15(10)24(27)28)22-2-4-23(5-3-22)18(26)11-7-12(19)13(20)8-16(11)25(29)30/h6-9H,2-5H2,1H3. The number of amides is 1. The Morgan fingerprint density at radius 1 is 0.867 bits per heavy atom. The monoisotopic (exact) mass is 424 g/mol. The first kappa shape index (κ1) is 21.0. The van der Waals surface area contributed by atoms with E-state index >= 15 is 0 Å². The zero-order valence-electron chi connectivity index (χ0n) is 15.6. The first-order chi connectivity index (χ1) is 14.1. The van der Waals surface area contributed by atoms with E-state index < -0.39 is 44.5 Å². The molecule has 0 unspecified atom stereocenters. The Morgan fingerprint density at radius 2 is 1.40 bits per heavy atom. The van der Waals surface area contributed by atoms with Crippen molar-refractivity contribution < 1.29 is 27.8 Å². The average Bonchev–Trinajstić information content (AvgIpc) is 2.70. The van der Waals surface area contributed by atoms with E-state index in [9.17, 15) is 38.2 Å². The normalized spacial score (nSPS) is 14.0. The summed E-state index contributed by atoms with van der Waals surface area (Å²) in [5, 5.41) is 22.0. The van der Waals surface area contributed by atoms with E-state index in [4.69, 9.17) is 0 Å². The minimum absolute atomic E-state index is 0.0322. The number of aryl methyl sites for hydroxylation is 1. The lowest BCUT2D eigenvalue weighted by Gasteiger charge is -2.36. The van der Waals surface area contributed by atoms with Crippen LogP contribution < -0.4 is 4.90 Å². The van der Waals surface area contributed by atoms with Gasteiger partial charge in [-0.15, -0.1) is 0 Å². The zero-order valence-corrected chi connectivity index (χ0v) is 15.6. The molecule has 0 atom stereocenters. The van der Waals surface area contributed by atoms with Crippen LogP contribution in [-0.2, 0) is 0 Å². The summed E-state index contributed by atoms with van der Waals surface area (Å²) in [7, 11) is 0. The summed E-state index contributed by atoms with van der Waals surface area (Å²) in [5.41, 5.74) is -1.38. The van der Waals surface area contributed by atoms with E-state index in [0.29, 0.717) is 12.1 Å². The summed E-state index contributed by atoms with van der Waals surface area (Å²) < 4.78 is 41.2. The van der Waals surface area contributed by atoms with Gasteiger partial charge in [-0.1, -0.05) is 0 Å². The van der Waals surface area contributed by atoms with Crippen molar-refractivity contribution in [1.29, 1.82) is 0 Å². The van der Waals surface area contributed by atoms with Crippen molar-refractivity contribution in [1.82, 2.24) is 4.90 Å². The van der Waals surface area contributed by atoms with Crippen LogP contribution in [0, 0.1) is 44.6 Å². The molecular weight excluding hydrogens is 409 g/mol. The highest BCUT2D eigenvalue weighted by Gasteiger charge is 2.30. The fraction of sp³-hybridized carbons (Fsp3) is 0.278. The molecule has 1 aliphatic heterocycles. The van der Waals surface area contributed by atoms with Crippen LogP contribution >= 0.6 is 0 Å². The predicted octanol–water partition coefficient (Wildman–Crippen LogP) is 3.19. The molecule has 0 saturated carbocycles. The third-order valence-electron chi connectivity index (χ3n) is 4.84. The van der Waals surface area contributed by atoms with Crippen molar-refractivity contribution in [2.24, 2.45) is 0 Å². The molecule has 0 N–H and O–H groups in total. The van der Waals surface area contributed by atoms with Gasteiger partial charge in [-0.05, 0) is 19.1 Å². The summed E-state index contributed by atoms with van der Waals surface area (Å²) in [6.07, 6.45) is 0. The van der Waals surface area contributed by atoms with Gasteiger partial charge in [0.25, 0.3) is 17.3 Å². The molecule has 1 fully saturated rings. The summed E-state index contributed by atoms with van der Waals surface area (Å²) in [4.78, 5) is 35.8. The van der Waals surface area contributed by atoms with Crippen LogP contribution in [0.25, 0.3) is 0 Å². The topological polar surface area (TPSA) is 110 Å². The lowest BCUT2D eigenvalue weighted by atomic mass is 10.1. The van der Waals surface area contributed by atoms with Gasteiger partial charge in [-0.3, -0.25) is 25.0 Å². The highest BCUT2D eigenvalue weighted by Crippen LogP contribution is 2.29. The molecule has 0 bridgehead atoms. The number of hydrogen-bond acceptors (Lipinski definition) is 6. The number of nitro benzene ring substituents is 2. The largest absolute Gasteiger partial charge is 0.366 e. The zero-order chi connectivity index (χ0) is 22.2. The van der Waals surface area contributed by atoms with Gasteiger partial charge in [-0.25, -0.2) is 13.2 Å². The van der Waals surface area contributed by atoms with Gasteiger partial charge in [-0.2, -0.15) is 0 Å². The summed E-state index contributed by atoms with van der Waals surface area (Å²) in [6, 6.07) is 3.01. The van der Waals surface area contributed by atoms with Crippen LogP contribution in [0.4, 0.5) is 30.2 Å². The van der Waals surface area contributed by atoms with Crippen LogP contribution in [0.15, 0.2) is 24.3 Å². The molecule has 1 amide bonds. The van der Waals surface area contributed by atoms with Gasteiger partial charge >= 0.3 is 0 Å². The Hall–Kier alpha value is -3.70. The number of halogens is 3. The summed E-state index contributed by atoms with van der Waals surface area (Å²) in [6.45, 7) is 1.81. The second kappa shape index (κ2) is 7.97. The first-order valence-corrected chi connectivity index (χ1v) is 8.72. The molecule has 158 valence electrons. The van der Waals surface area contributed by atoms with Crippen LogP contribution in [0.5, 0.6) is 0 Å². The van der Waals surface area contributed by atoms with Gasteiger partial charge in [0.15, 0.2) is 17.5 Å². The minimum Gasteiger partial charge on any atom is -0.366 e. The number of piperazine rings is 1. The maximum absolute atomic E-state index is 14.3.